The van der Waals surface area contributed by atoms with E-state index in [0.29, 0.717) is 18.3 Å². The molecule has 0 saturated carbocycles. The monoisotopic (exact) mass is 411 g/mol. The molecule has 0 atom stereocenters. The third kappa shape index (κ3) is 4.87. The zero-order valence-electron chi connectivity index (χ0n) is 16.7. The molecule has 7 nitrogen and oxygen atoms in total. The molecular formula is C21H25N5O2S. The molecule has 152 valence electrons. The minimum Gasteiger partial charge on any atom is -0.485 e. The quantitative estimate of drug-likeness (QED) is 0.538. The van der Waals surface area contributed by atoms with Crippen LogP contribution in [-0.4, -0.2) is 39.5 Å². The van der Waals surface area contributed by atoms with Crippen LogP contribution in [0.25, 0.3) is 0 Å². The van der Waals surface area contributed by atoms with Gasteiger partial charge in [0.25, 0.3) is 0 Å². The summed E-state index contributed by atoms with van der Waals surface area (Å²) in [5.74, 6) is 3.14. The minimum absolute atomic E-state index is 0.267. The molecule has 1 fully saturated rings. The number of rotatable bonds is 7. The summed E-state index contributed by atoms with van der Waals surface area (Å²) in [5.41, 5.74) is 1.16. The van der Waals surface area contributed by atoms with Crippen LogP contribution in [0.5, 0.6) is 5.75 Å². The van der Waals surface area contributed by atoms with Crippen LogP contribution in [0, 0.1) is 0 Å². The van der Waals surface area contributed by atoms with Crippen LogP contribution >= 0.6 is 11.8 Å². The van der Waals surface area contributed by atoms with Gasteiger partial charge < -0.3 is 14.2 Å². The van der Waals surface area contributed by atoms with Crippen molar-refractivity contribution in [3.05, 3.63) is 53.9 Å². The number of ether oxygens (including phenoxy) is 1. The van der Waals surface area contributed by atoms with Crippen molar-refractivity contribution < 1.29 is 9.26 Å². The summed E-state index contributed by atoms with van der Waals surface area (Å²) in [7, 11) is 0. The van der Waals surface area contributed by atoms with Gasteiger partial charge in [0.1, 0.15) is 5.75 Å². The Kier molecular flexibility index (Phi) is 6.29. The number of aryl methyl sites for hydroxylation is 1. The number of nitrogens with zero attached hydrogens (tertiary/aromatic N) is 5. The Labute approximate surface area is 174 Å². The van der Waals surface area contributed by atoms with E-state index >= 15 is 0 Å². The highest BCUT2D eigenvalue weighted by Crippen LogP contribution is 2.28. The summed E-state index contributed by atoms with van der Waals surface area (Å²) < 4.78 is 11.3. The van der Waals surface area contributed by atoms with Gasteiger partial charge >= 0.3 is 0 Å². The lowest BCUT2D eigenvalue weighted by atomic mass is 9.97. The van der Waals surface area contributed by atoms with E-state index in [9.17, 15) is 0 Å². The van der Waals surface area contributed by atoms with E-state index < -0.39 is 0 Å². The van der Waals surface area contributed by atoms with Gasteiger partial charge in [-0.2, -0.15) is 4.98 Å². The number of anilines is 1. The average Bonchev–Trinajstić information content (AvgIpc) is 3.27. The summed E-state index contributed by atoms with van der Waals surface area (Å²) in [4.78, 5) is 16.9. The normalized spacial score (nSPS) is 14.9. The maximum atomic E-state index is 5.77. The molecule has 1 aliphatic heterocycles. The smallest absolute Gasteiger partial charge is 0.230 e. The van der Waals surface area contributed by atoms with Gasteiger partial charge in [0, 0.05) is 36.3 Å². The van der Waals surface area contributed by atoms with Crippen molar-refractivity contribution in [1.82, 2.24) is 20.1 Å². The summed E-state index contributed by atoms with van der Waals surface area (Å²) in [6.07, 6.45) is 8.71. The number of thioether (sulfide) groups is 1. The Morgan fingerprint density at radius 1 is 1.14 bits per heavy atom. The van der Waals surface area contributed by atoms with Crippen LogP contribution in [0.3, 0.4) is 0 Å². The van der Waals surface area contributed by atoms with Crippen molar-refractivity contribution in [2.75, 3.05) is 24.2 Å². The minimum atomic E-state index is 0.267. The second kappa shape index (κ2) is 9.26. The molecular weight excluding hydrogens is 386 g/mol. The van der Waals surface area contributed by atoms with Crippen molar-refractivity contribution in [2.24, 2.45) is 0 Å². The molecule has 0 bridgehead atoms. The lowest BCUT2D eigenvalue weighted by Gasteiger charge is -2.30. The molecule has 0 N–H and O–H groups in total. The summed E-state index contributed by atoms with van der Waals surface area (Å²) in [6, 6.07) is 7.99. The van der Waals surface area contributed by atoms with Gasteiger partial charge in [-0.1, -0.05) is 12.1 Å². The molecule has 3 heterocycles. The predicted octanol–water partition coefficient (Wildman–Crippen LogP) is 4.11. The highest BCUT2D eigenvalue weighted by molar-refractivity contribution is 7.98. The van der Waals surface area contributed by atoms with Crippen LogP contribution in [0.15, 0.2) is 46.1 Å². The first-order chi connectivity index (χ1) is 14.2. The largest absolute Gasteiger partial charge is 0.485 e. The van der Waals surface area contributed by atoms with E-state index in [1.54, 1.807) is 11.8 Å². The van der Waals surface area contributed by atoms with Crippen molar-refractivity contribution in [3.8, 4) is 5.75 Å². The summed E-state index contributed by atoms with van der Waals surface area (Å²) in [6.45, 7) is 4.17. The van der Waals surface area contributed by atoms with Crippen molar-refractivity contribution in [3.63, 3.8) is 0 Å². The Bertz CT molecular complexity index is 906. The molecule has 0 amide bonds. The predicted molar refractivity (Wildman–Crippen MR) is 112 cm³/mol. The van der Waals surface area contributed by atoms with E-state index in [1.807, 2.05) is 36.7 Å². The third-order valence-electron chi connectivity index (χ3n) is 5.14. The summed E-state index contributed by atoms with van der Waals surface area (Å²) >= 11 is 1.70. The SMILES string of the molecule is CCc1cnc(N2CCC(c3nc(COc4ccc(SC)cc4)no3)CC2)nc1. The standard InChI is InChI=1S/C21H25N5O2S/c1-3-15-12-22-21(23-13-15)26-10-8-16(9-11-26)20-24-19(25-28-20)14-27-17-4-6-18(29-2)7-5-17/h4-7,12-13,16H,3,8-11,14H2,1-2H3. The molecule has 4 rings (SSSR count). The molecule has 0 unspecified atom stereocenters. The van der Waals surface area contributed by atoms with Crippen LogP contribution in [-0.2, 0) is 13.0 Å². The van der Waals surface area contributed by atoms with E-state index in [2.05, 4.69) is 38.2 Å². The first kappa shape index (κ1) is 19.7. The van der Waals surface area contributed by atoms with E-state index in [0.717, 1.165) is 49.6 Å². The number of aromatic nitrogens is 4. The van der Waals surface area contributed by atoms with Crippen molar-refractivity contribution in [2.45, 2.75) is 43.6 Å². The maximum Gasteiger partial charge on any atom is 0.230 e. The van der Waals surface area contributed by atoms with Crippen molar-refractivity contribution >= 4 is 17.7 Å². The van der Waals surface area contributed by atoms with Gasteiger partial charge in [-0.15, -0.1) is 11.8 Å². The van der Waals surface area contributed by atoms with E-state index in [1.165, 1.54) is 4.90 Å². The van der Waals surface area contributed by atoms with Gasteiger partial charge in [0.15, 0.2) is 6.61 Å². The molecule has 8 heteroatoms. The number of benzene rings is 1. The molecule has 0 aliphatic carbocycles. The second-order valence-electron chi connectivity index (χ2n) is 7.02. The first-order valence-electron chi connectivity index (χ1n) is 9.90. The van der Waals surface area contributed by atoms with Gasteiger partial charge in [-0.25, -0.2) is 9.97 Å². The lowest BCUT2D eigenvalue weighted by molar-refractivity contribution is 0.281. The molecule has 1 aliphatic rings. The van der Waals surface area contributed by atoms with Crippen LogP contribution in [0.1, 0.15) is 43.0 Å². The van der Waals surface area contributed by atoms with Crippen LogP contribution in [0.4, 0.5) is 5.95 Å². The van der Waals surface area contributed by atoms with Gasteiger partial charge in [-0.05, 0) is 55.3 Å². The fraction of sp³-hybridized carbons (Fsp3) is 0.429. The third-order valence-corrected chi connectivity index (χ3v) is 5.88. The highest BCUT2D eigenvalue weighted by atomic mass is 32.2. The lowest BCUT2D eigenvalue weighted by Crippen LogP contribution is -2.34. The molecule has 0 radical (unpaired) electrons. The second-order valence-corrected chi connectivity index (χ2v) is 7.90. The highest BCUT2D eigenvalue weighted by Gasteiger charge is 2.26. The van der Waals surface area contributed by atoms with Gasteiger partial charge in [-0.3, -0.25) is 0 Å². The fourth-order valence-electron chi connectivity index (χ4n) is 3.33. The number of hydrogen-bond donors (Lipinski definition) is 0. The Hall–Kier alpha value is -2.61. The van der Waals surface area contributed by atoms with Crippen molar-refractivity contribution in [1.29, 1.82) is 0 Å². The topological polar surface area (TPSA) is 77.2 Å². The molecule has 0 spiro atoms. The first-order valence-corrected chi connectivity index (χ1v) is 11.1. The van der Waals surface area contributed by atoms with E-state index in [-0.39, 0.29) is 5.92 Å². The Balaban J connectivity index is 1.29. The average molecular weight is 412 g/mol. The fourth-order valence-corrected chi connectivity index (χ4v) is 3.74. The van der Waals surface area contributed by atoms with E-state index in [4.69, 9.17) is 9.26 Å². The molecule has 29 heavy (non-hydrogen) atoms. The van der Waals surface area contributed by atoms with Gasteiger partial charge in [0.2, 0.25) is 17.7 Å². The number of piperidine rings is 1. The number of hydrogen-bond acceptors (Lipinski definition) is 8. The van der Waals surface area contributed by atoms with Crippen LogP contribution < -0.4 is 9.64 Å². The summed E-state index contributed by atoms with van der Waals surface area (Å²) in [5, 5.41) is 4.08. The molecule has 3 aromatic rings. The molecule has 1 aromatic carbocycles. The zero-order valence-corrected chi connectivity index (χ0v) is 17.6. The maximum absolute atomic E-state index is 5.77. The Morgan fingerprint density at radius 3 is 2.52 bits per heavy atom. The zero-order chi connectivity index (χ0) is 20.1. The van der Waals surface area contributed by atoms with Crippen LogP contribution in [0.2, 0.25) is 0 Å². The molecule has 1 saturated heterocycles. The molecule has 2 aromatic heterocycles. The van der Waals surface area contributed by atoms with Gasteiger partial charge in [0.05, 0.1) is 0 Å². The Morgan fingerprint density at radius 2 is 1.86 bits per heavy atom.